The van der Waals surface area contributed by atoms with Crippen LogP contribution in [0.1, 0.15) is 49.7 Å². The van der Waals surface area contributed by atoms with Gasteiger partial charge >= 0.3 is 16.1 Å². The van der Waals surface area contributed by atoms with Gasteiger partial charge in [0.2, 0.25) is 0 Å². The largest absolute Gasteiger partial charge is 0.465 e. The van der Waals surface area contributed by atoms with Crippen LogP contribution in [-0.2, 0) is 59.3 Å². The van der Waals surface area contributed by atoms with E-state index in [2.05, 4.69) is 0 Å². The Kier molecular flexibility index (Phi) is 10.0. The summed E-state index contributed by atoms with van der Waals surface area (Å²) in [4.78, 5) is 12.2. The number of hydrogen-bond donors (Lipinski definition) is 1. The van der Waals surface area contributed by atoms with E-state index in [0.717, 1.165) is 20.5 Å². The van der Waals surface area contributed by atoms with E-state index in [9.17, 15) is 43.0 Å². The van der Waals surface area contributed by atoms with E-state index in [1.54, 1.807) is 42.5 Å². The zero-order valence-electron chi connectivity index (χ0n) is 30.4. The van der Waals surface area contributed by atoms with Gasteiger partial charge in [0.05, 0.1) is 42.9 Å². The van der Waals surface area contributed by atoms with E-state index in [1.165, 1.54) is 61.7 Å². The quantitative estimate of drug-likeness (QED) is 0.0953. The molecule has 0 fully saturated rings. The SMILES string of the molecule is COC(=O)c1ccc(/C(=C2\c3cc(CS(=O)(=O)O)ccc3-c3ccc(S(=O)(=O)OC)cc32)C2c3cc(OS(C)(=O)=O)ccc3-c3ccc(S(=O)(=O)OC)cc32)cc1. The van der Waals surface area contributed by atoms with Crippen LogP contribution in [0.2, 0.25) is 0 Å². The predicted molar refractivity (Wildman–Crippen MR) is 208 cm³/mol. The second-order valence-corrected chi connectivity index (χ2v) is 19.6. The first-order valence-electron chi connectivity index (χ1n) is 16.7. The van der Waals surface area contributed by atoms with E-state index >= 15 is 0 Å². The van der Waals surface area contributed by atoms with Crippen molar-refractivity contribution < 1.29 is 60.3 Å². The van der Waals surface area contributed by atoms with Crippen molar-refractivity contribution in [3.8, 4) is 28.0 Å². The lowest BCUT2D eigenvalue weighted by Gasteiger charge is -2.24. The molecule has 1 unspecified atom stereocenters. The Labute approximate surface area is 329 Å². The minimum absolute atomic E-state index is 0.0553. The molecule has 0 bridgehead atoms. The lowest BCUT2D eigenvalue weighted by molar-refractivity contribution is 0.0600. The minimum atomic E-state index is -4.52. The van der Waals surface area contributed by atoms with Crippen molar-refractivity contribution in [1.29, 1.82) is 0 Å². The summed E-state index contributed by atoms with van der Waals surface area (Å²) in [7, 11) is -13.8. The van der Waals surface area contributed by atoms with Crippen LogP contribution in [0.5, 0.6) is 5.75 Å². The normalized spacial score (nSPS) is 15.6. The van der Waals surface area contributed by atoms with Gasteiger partial charge in [-0.15, -0.1) is 0 Å². The van der Waals surface area contributed by atoms with Gasteiger partial charge in [0.1, 0.15) is 11.5 Å². The molecule has 0 aliphatic heterocycles. The van der Waals surface area contributed by atoms with Crippen LogP contribution in [0, 0.1) is 0 Å². The fourth-order valence-electron chi connectivity index (χ4n) is 7.35. The van der Waals surface area contributed by atoms with Crippen molar-refractivity contribution in [1.82, 2.24) is 0 Å². The monoisotopic (exact) mass is 852 g/mol. The molecule has 57 heavy (non-hydrogen) atoms. The molecule has 18 heteroatoms. The third kappa shape index (κ3) is 7.52. The molecule has 2 aliphatic rings. The highest BCUT2D eigenvalue weighted by atomic mass is 32.2. The molecule has 0 aromatic heterocycles. The fourth-order valence-corrected chi connectivity index (χ4v) is 9.79. The van der Waals surface area contributed by atoms with Crippen LogP contribution in [0.15, 0.2) is 107 Å². The van der Waals surface area contributed by atoms with Crippen molar-refractivity contribution in [3.05, 3.63) is 136 Å². The molecule has 1 N–H and O–H groups in total. The maximum atomic E-state index is 13.2. The molecule has 0 saturated carbocycles. The van der Waals surface area contributed by atoms with Gasteiger partial charge in [0.25, 0.3) is 30.4 Å². The Hall–Kier alpha value is -5.21. The smallest absolute Gasteiger partial charge is 0.337 e. The maximum absolute atomic E-state index is 13.2. The number of benzene rings is 5. The van der Waals surface area contributed by atoms with Gasteiger partial charge in [-0.3, -0.25) is 12.9 Å². The standard InChI is InChI=1S/C39H32O14S4/c1-50-39(40)24-8-6-23(7-9-24)36(37-32-17-22(21-55(43,44)45)5-13-28(32)30-15-11-26(19-34(30)37)56(46,47)51-2)38-33-18-25(53-54(4,41)42)10-14-29(33)31-16-12-27(20-35(31)38)57(48,49)52-3/h5-20,38H,21H2,1-4H3,(H,43,44,45)/b37-36-. The first-order valence-corrected chi connectivity index (χ1v) is 22.9. The number of ether oxygens (including phenoxy) is 1. The van der Waals surface area contributed by atoms with Crippen molar-refractivity contribution in [3.63, 3.8) is 0 Å². The minimum Gasteiger partial charge on any atom is -0.465 e. The lowest BCUT2D eigenvalue weighted by Crippen LogP contribution is -2.09. The molecule has 1 atom stereocenters. The molecule has 5 aromatic rings. The molecule has 0 radical (unpaired) electrons. The van der Waals surface area contributed by atoms with Crippen LogP contribution in [0.3, 0.4) is 0 Å². The second kappa shape index (κ2) is 14.3. The van der Waals surface area contributed by atoms with Crippen molar-refractivity contribution >= 4 is 57.6 Å². The third-order valence-electron chi connectivity index (χ3n) is 9.65. The number of esters is 1. The van der Waals surface area contributed by atoms with Gasteiger partial charge in [-0.05, 0) is 121 Å². The van der Waals surface area contributed by atoms with Gasteiger partial charge in [-0.1, -0.05) is 42.5 Å². The number of carbonyl (C=O) groups excluding carboxylic acids is 1. The van der Waals surface area contributed by atoms with Crippen LogP contribution in [-0.4, -0.2) is 71.8 Å². The number of fused-ring (bicyclic) bond motifs is 6. The summed E-state index contributed by atoms with van der Waals surface area (Å²) in [6.45, 7) is 0. The number of allylic oxidation sites excluding steroid dienone is 1. The zero-order chi connectivity index (χ0) is 41.2. The fraction of sp³-hybridized carbons (Fsp3) is 0.154. The van der Waals surface area contributed by atoms with Crippen molar-refractivity contribution in [2.75, 3.05) is 27.6 Å². The topological polar surface area (TPSA) is 211 Å². The Balaban J connectivity index is 1.67. The molecule has 7 rings (SSSR count). The summed E-state index contributed by atoms with van der Waals surface area (Å²) in [6, 6.07) is 24.3. The molecule has 2 aliphatic carbocycles. The summed E-state index contributed by atoms with van der Waals surface area (Å²) in [5.41, 5.74) is 5.50. The van der Waals surface area contributed by atoms with E-state index in [4.69, 9.17) is 17.3 Å². The van der Waals surface area contributed by atoms with E-state index in [-0.39, 0.29) is 26.7 Å². The summed E-state index contributed by atoms with van der Waals surface area (Å²) >= 11 is 0. The Morgan fingerprint density at radius 1 is 0.596 bits per heavy atom. The van der Waals surface area contributed by atoms with Crippen LogP contribution < -0.4 is 4.18 Å². The Morgan fingerprint density at radius 2 is 1.11 bits per heavy atom. The summed E-state index contributed by atoms with van der Waals surface area (Å²) in [5, 5.41) is 0. The number of hydrogen-bond acceptors (Lipinski definition) is 13. The van der Waals surface area contributed by atoms with E-state index < -0.39 is 58.1 Å². The molecule has 0 heterocycles. The highest BCUT2D eigenvalue weighted by Gasteiger charge is 2.39. The Morgan fingerprint density at radius 3 is 1.67 bits per heavy atom. The summed E-state index contributed by atoms with van der Waals surface area (Å²) in [6.07, 6.45) is 0.882. The molecular weight excluding hydrogens is 821 g/mol. The van der Waals surface area contributed by atoms with Crippen molar-refractivity contribution in [2.45, 2.75) is 21.5 Å². The molecule has 0 saturated heterocycles. The van der Waals surface area contributed by atoms with Gasteiger partial charge in [-0.2, -0.15) is 33.7 Å². The van der Waals surface area contributed by atoms with Gasteiger partial charge < -0.3 is 8.92 Å². The van der Waals surface area contributed by atoms with Crippen LogP contribution in [0.4, 0.5) is 0 Å². The highest BCUT2D eigenvalue weighted by molar-refractivity contribution is 7.87. The highest BCUT2D eigenvalue weighted by Crippen LogP contribution is 2.58. The van der Waals surface area contributed by atoms with Crippen LogP contribution in [0.25, 0.3) is 33.4 Å². The molecule has 0 amide bonds. The zero-order valence-corrected chi connectivity index (χ0v) is 33.7. The number of methoxy groups -OCH3 is 1. The van der Waals surface area contributed by atoms with Gasteiger partial charge in [0, 0.05) is 5.92 Å². The summed E-state index contributed by atoms with van der Waals surface area (Å²) < 4.78 is 131. The first-order chi connectivity index (χ1) is 26.7. The van der Waals surface area contributed by atoms with Gasteiger partial charge in [-0.25, -0.2) is 4.79 Å². The van der Waals surface area contributed by atoms with Gasteiger partial charge in [0.15, 0.2) is 0 Å². The van der Waals surface area contributed by atoms with E-state index in [1.807, 2.05) is 0 Å². The average Bonchev–Trinajstić information content (AvgIpc) is 3.65. The second-order valence-electron chi connectivity index (χ2n) is 13.1. The van der Waals surface area contributed by atoms with Crippen molar-refractivity contribution in [2.24, 2.45) is 0 Å². The maximum Gasteiger partial charge on any atom is 0.337 e. The molecule has 0 spiro atoms. The number of rotatable bonds is 11. The predicted octanol–water partition coefficient (Wildman–Crippen LogP) is 5.62. The molecule has 5 aromatic carbocycles. The van der Waals surface area contributed by atoms with Crippen LogP contribution >= 0.6 is 0 Å². The molecular formula is C39H32O14S4. The molecule has 296 valence electrons. The summed E-state index contributed by atoms with van der Waals surface area (Å²) in [5.74, 6) is -2.42. The Bertz CT molecular complexity index is 3010. The van der Waals surface area contributed by atoms with E-state index in [0.29, 0.717) is 61.2 Å². The third-order valence-corrected chi connectivity index (χ3v) is 13.4. The number of carbonyl (C=O) groups is 1. The lowest BCUT2D eigenvalue weighted by atomic mass is 9.79. The molecule has 14 nitrogen and oxygen atoms in total. The first kappa shape index (κ1) is 40.0. The average molecular weight is 853 g/mol.